The van der Waals surface area contributed by atoms with Gasteiger partial charge in [0.2, 0.25) is 0 Å². The minimum atomic E-state index is 0.617. The number of fused-ring (bicyclic) bond motifs is 6. The topological polar surface area (TPSA) is 51.6 Å². The van der Waals surface area contributed by atoms with Gasteiger partial charge in [-0.15, -0.1) is 0 Å². The van der Waals surface area contributed by atoms with Crippen LogP contribution in [-0.2, 0) is 0 Å². The normalized spacial score (nSPS) is 11.5. The van der Waals surface area contributed by atoms with Crippen LogP contribution < -0.4 is 0 Å². The van der Waals surface area contributed by atoms with Crippen molar-refractivity contribution in [1.29, 1.82) is 0 Å². The summed E-state index contributed by atoms with van der Waals surface area (Å²) in [6.45, 7) is 0. The molecule has 0 aliphatic carbocycles. The Bertz CT molecular complexity index is 3600. The van der Waals surface area contributed by atoms with E-state index >= 15 is 0 Å². The highest BCUT2D eigenvalue weighted by molar-refractivity contribution is 6.22. The van der Waals surface area contributed by atoms with Gasteiger partial charge in [0.15, 0.2) is 17.5 Å². The number of nitrogens with zero attached hydrogens (tertiary/aromatic N) is 4. The summed E-state index contributed by atoms with van der Waals surface area (Å²) in [6.07, 6.45) is 2.04. The number of aromatic nitrogens is 4. The minimum absolute atomic E-state index is 0.617. The second kappa shape index (κ2) is 14.7. The molecule has 4 heteroatoms. The lowest BCUT2D eigenvalue weighted by Gasteiger charge is -2.18. The molecule has 2 aromatic heterocycles. The first kappa shape index (κ1) is 35.6. The van der Waals surface area contributed by atoms with E-state index in [-0.39, 0.29) is 0 Å². The van der Waals surface area contributed by atoms with Gasteiger partial charge in [-0.05, 0) is 94.8 Å². The molecule has 0 bridgehead atoms. The highest BCUT2D eigenvalue weighted by Gasteiger charge is 2.20. The highest BCUT2D eigenvalue weighted by Crippen LogP contribution is 2.45. The van der Waals surface area contributed by atoms with Crippen LogP contribution in [-0.4, -0.2) is 19.9 Å². The first-order chi connectivity index (χ1) is 30.7. The number of rotatable bonds is 6. The maximum Gasteiger partial charge on any atom is 0.164 e. The molecular weight excluding hydrogens is 753 g/mol. The Labute approximate surface area is 358 Å². The van der Waals surface area contributed by atoms with Crippen LogP contribution in [0, 0.1) is 0 Å². The van der Waals surface area contributed by atoms with Gasteiger partial charge in [-0.2, -0.15) is 0 Å². The van der Waals surface area contributed by atoms with Crippen LogP contribution in [0.5, 0.6) is 0 Å². The number of hydrogen-bond donors (Lipinski definition) is 0. The maximum atomic E-state index is 5.28. The zero-order valence-electron chi connectivity index (χ0n) is 33.6. The van der Waals surface area contributed by atoms with Crippen molar-refractivity contribution in [1.82, 2.24) is 19.9 Å². The molecule has 0 amide bonds. The van der Waals surface area contributed by atoms with Crippen LogP contribution in [0.25, 0.3) is 122 Å². The van der Waals surface area contributed by atoms with Crippen molar-refractivity contribution in [2.24, 2.45) is 0 Å². The van der Waals surface area contributed by atoms with Gasteiger partial charge in [-0.3, -0.25) is 4.98 Å². The van der Waals surface area contributed by atoms with Gasteiger partial charge in [0.05, 0.1) is 5.69 Å². The van der Waals surface area contributed by atoms with Crippen molar-refractivity contribution in [3.8, 4) is 67.7 Å². The van der Waals surface area contributed by atoms with E-state index in [4.69, 9.17) is 19.9 Å². The molecule has 288 valence electrons. The van der Waals surface area contributed by atoms with Gasteiger partial charge >= 0.3 is 0 Å². The van der Waals surface area contributed by atoms with Crippen molar-refractivity contribution in [3.05, 3.63) is 219 Å². The molecule has 0 fully saturated rings. The Kier molecular flexibility index (Phi) is 8.46. The largest absolute Gasteiger partial charge is 0.256 e. The summed E-state index contributed by atoms with van der Waals surface area (Å²) in [4.78, 5) is 20.5. The van der Waals surface area contributed by atoms with Crippen molar-refractivity contribution in [2.75, 3.05) is 0 Å². The Morgan fingerprint density at radius 1 is 0.258 bits per heavy atom. The third kappa shape index (κ3) is 6.08. The molecule has 62 heavy (non-hydrogen) atoms. The second-order valence-electron chi connectivity index (χ2n) is 15.8. The zero-order chi connectivity index (χ0) is 41.0. The quantitative estimate of drug-likeness (QED) is 0.124. The average Bonchev–Trinajstić information content (AvgIpc) is 3.35. The molecule has 2 heterocycles. The van der Waals surface area contributed by atoms with E-state index in [1.54, 1.807) is 0 Å². The first-order valence-corrected chi connectivity index (χ1v) is 21.0. The van der Waals surface area contributed by atoms with E-state index in [1.165, 1.54) is 32.3 Å². The summed E-state index contributed by atoms with van der Waals surface area (Å²) in [6, 6.07) is 75.0. The lowest BCUT2D eigenvalue weighted by molar-refractivity contribution is 1.07. The van der Waals surface area contributed by atoms with Crippen LogP contribution in [0.4, 0.5) is 0 Å². The lowest BCUT2D eigenvalue weighted by Crippen LogP contribution is -2.00. The summed E-state index contributed by atoms with van der Waals surface area (Å²) >= 11 is 0. The summed E-state index contributed by atoms with van der Waals surface area (Å²) in [5.74, 6) is 1.88. The van der Waals surface area contributed by atoms with Crippen molar-refractivity contribution >= 4 is 53.9 Å². The van der Waals surface area contributed by atoms with Gasteiger partial charge < -0.3 is 0 Å². The molecule has 10 aromatic carbocycles. The molecule has 0 saturated heterocycles. The van der Waals surface area contributed by atoms with E-state index in [0.29, 0.717) is 17.5 Å². The van der Waals surface area contributed by atoms with Gasteiger partial charge in [-0.1, -0.05) is 188 Å². The molecule has 0 N–H and O–H groups in total. The van der Waals surface area contributed by atoms with Crippen LogP contribution in [0.2, 0.25) is 0 Å². The Balaban J connectivity index is 1.04. The SMILES string of the molecule is c1ccc(-c2nc(-c3ccccc3)nc(-c3ccc4c(-c5ccc(-c6cccc7c6ccc6cc8ccccc8cc67)cn5)c5ccccc5c(-c5ccccc5)c4c3)n2)cc1. The monoisotopic (exact) mass is 788 g/mol. The number of benzene rings is 10. The van der Waals surface area contributed by atoms with E-state index in [2.05, 4.69) is 152 Å². The van der Waals surface area contributed by atoms with E-state index < -0.39 is 0 Å². The highest BCUT2D eigenvalue weighted by atomic mass is 15.0. The average molecular weight is 789 g/mol. The zero-order valence-corrected chi connectivity index (χ0v) is 33.6. The van der Waals surface area contributed by atoms with E-state index in [1.807, 2.05) is 66.9 Å². The fraction of sp³-hybridized carbons (Fsp3) is 0. The molecule has 4 nitrogen and oxygen atoms in total. The number of hydrogen-bond acceptors (Lipinski definition) is 4. The minimum Gasteiger partial charge on any atom is -0.256 e. The standard InChI is InChI=1S/C58H36N4/c1-4-15-37(16-5-1)54-48-23-12-13-24-49(48)55(50-31-28-43(35-52(50)54)58-61-56(38-17-6-2-7-18-38)60-57(62-58)39-19-8-3-9-20-39)53-32-29-44(36-59-53)45-25-14-26-46-47(45)30-27-42-33-40-21-10-11-22-41(40)34-51(42)46/h1-36H. The molecule has 12 rings (SSSR count). The summed E-state index contributed by atoms with van der Waals surface area (Å²) in [5.41, 5.74) is 9.34. The Hall–Kier alpha value is -8.34. The molecule has 0 aliphatic heterocycles. The Morgan fingerprint density at radius 3 is 1.45 bits per heavy atom. The van der Waals surface area contributed by atoms with Crippen LogP contribution >= 0.6 is 0 Å². The lowest BCUT2D eigenvalue weighted by atomic mass is 9.86. The fourth-order valence-electron chi connectivity index (χ4n) is 9.18. The van der Waals surface area contributed by atoms with Gasteiger partial charge in [0, 0.05) is 34.0 Å². The molecule has 0 saturated carbocycles. The molecule has 0 radical (unpaired) electrons. The summed E-state index contributed by atoms with van der Waals surface area (Å²) in [7, 11) is 0. The van der Waals surface area contributed by atoms with Crippen molar-refractivity contribution in [3.63, 3.8) is 0 Å². The maximum absolute atomic E-state index is 5.28. The molecule has 0 aliphatic rings. The predicted octanol–water partition coefficient (Wildman–Crippen LogP) is 15.0. The van der Waals surface area contributed by atoms with Gasteiger partial charge in [-0.25, -0.2) is 15.0 Å². The molecular formula is C58H36N4. The third-order valence-corrected chi connectivity index (χ3v) is 12.1. The summed E-state index contributed by atoms with van der Waals surface area (Å²) < 4.78 is 0. The molecule has 12 aromatic rings. The van der Waals surface area contributed by atoms with Crippen LogP contribution in [0.3, 0.4) is 0 Å². The molecule has 0 atom stereocenters. The van der Waals surface area contributed by atoms with Gasteiger partial charge in [0.25, 0.3) is 0 Å². The first-order valence-electron chi connectivity index (χ1n) is 21.0. The second-order valence-corrected chi connectivity index (χ2v) is 15.8. The van der Waals surface area contributed by atoms with Crippen molar-refractivity contribution < 1.29 is 0 Å². The van der Waals surface area contributed by atoms with Crippen LogP contribution in [0.1, 0.15) is 0 Å². The number of pyridine rings is 1. The fourth-order valence-corrected chi connectivity index (χ4v) is 9.18. The predicted molar refractivity (Wildman–Crippen MR) is 258 cm³/mol. The van der Waals surface area contributed by atoms with Gasteiger partial charge in [0.1, 0.15) is 0 Å². The van der Waals surface area contributed by atoms with Crippen LogP contribution in [0.15, 0.2) is 219 Å². The summed E-state index contributed by atoms with van der Waals surface area (Å²) in [5, 5.41) is 12.0. The third-order valence-electron chi connectivity index (χ3n) is 12.1. The Morgan fingerprint density at radius 2 is 0.790 bits per heavy atom. The molecule has 0 spiro atoms. The van der Waals surface area contributed by atoms with E-state index in [0.717, 1.165) is 71.7 Å². The molecule has 0 unspecified atom stereocenters. The van der Waals surface area contributed by atoms with E-state index in [9.17, 15) is 0 Å². The smallest absolute Gasteiger partial charge is 0.164 e. The van der Waals surface area contributed by atoms with Crippen molar-refractivity contribution in [2.45, 2.75) is 0 Å².